The number of nitrogens with zero attached hydrogens (tertiary/aromatic N) is 2. The zero-order valence-electron chi connectivity index (χ0n) is 13.0. The number of fused-ring (bicyclic) bond motifs is 1. The number of halogens is 1. The van der Waals surface area contributed by atoms with Gasteiger partial charge in [-0.1, -0.05) is 6.07 Å². The molecule has 1 aromatic heterocycles. The van der Waals surface area contributed by atoms with Gasteiger partial charge in [0, 0.05) is 12.1 Å². The summed E-state index contributed by atoms with van der Waals surface area (Å²) < 4.78 is 19.1. The van der Waals surface area contributed by atoms with Crippen molar-refractivity contribution < 1.29 is 8.81 Å². The molecule has 1 aliphatic heterocycles. The van der Waals surface area contributed by atoms with Crippen LogP contribution < -0.4 is 0 Å². The zero-order chi connectivity index (χ0) is 15.1. The molecule has 0 saturated carbocycles. The summed E-state index contributed by atoms with van der Waals surface area (Å²) in [7, 11) is 0. The maximum atomic E-state index is 13.4. The molecule has 3 nitrogen and oxygen atoms in total. The molecule has 112 valence electrons. The van der Waals surface area contributed by atoms with Crippen molar-refractivity contribution in [3.8, 4) is 0 Å². The van der Waals surface area contributed by atoms with Gasteiger partial charge in [-0.15, -0.1) is 0 Å². The first-order valence-electron chi connectivity index (χ1n) is 7.42. The number of aromatic nitrogens is 1. The lowest BCUT2D eigenvalue weighted by molar-refractivity contribution is 0.116. The van der Waals surface area contributed by atoms with Crippen LogP contribution in [0, 0.1) is 19.7 Å². The molecule has 0 radical (unpaired) electrons. The second kappa shape index (κ2) is 5.26. The van der Waals surface area contributed by atoms with Gasteiger partial charge in [0.25, 0.3) is 0 Å². The van der Waals surface area contributed by atoms with Crippen molar-refractivity contribution in [2.45, 2.75) is 52.7 Å². The van der Waals surface area contributed by atoms with Crippen molar-refractivity contribution in [1.29, 1.82) is 0 Å². The molecule has 0 fully saturated rings. The average Bonchev–Trinajstić information content (AvgIpc) is 2.73. The van der Waals surface area contributed by atoms with E-state index in [9.17, 15) is 4.39 Å². The molecule has 1 aromatic carbocycles. The molecule has 2 aromatic rings. The Labute approximate surface area is 124 Å². The number of benzene rings is 1. The van der Waals surface area contributed by atoms with Crippen LogP contribution in [0.3, 0.4) is 0 Å². The lowest BCUT2D eigenvalue weighted by Gasteiger charge is -2.39. The van der Waals surface area contributed by atoms with Crippen LogP contribution in [0.25, 0.3) is 0 Å². The summed E-state index contributed by atoms with van der Waals surface area (Å²) in [6, 6.07) is 5.68. The van der Waals surface area contributed by atoms with E-state index < -0.39 is 0 Å². The van der Waals surface area contributed by atoms with E-state index in [2.05, 4.69) is 23.7 Å². The van der Waals surface area contributed by atoms with E-state index in [0.717, 1.165) is 29.3 Å². The molecule has 0 aliphatic carbocycles. The minimum atomic E-state index is -0.152. The molecule has 0 unspecified atom stereocenters. The van der Waals surface area contributed by atoms with Crippen LogP contribution in [-0.4, -0.2) is 15.9 Å². The third-order valence-electron chi connectivity index (χ3n) is 4.52. The molecule has 1 aliphatic rings. The third kappa shape index (κ3) is 2.60. The largest absolute Gasteiger partial charge is 0.444 e. The number of hydrogen-bond donors (Lipinski definition) is 0. The van der Waals surface area contributed by atoms with E-state index in [0.29, 0.717) is 12.6 Å². The average molecular weight is 288 g/mol. The normalized spacial score (nSPS) is 22.3. The summed E-state index contributed by atoms with van der Waals surface area (Å²) in [4.78, 5) is 6.84. The highest BCUT2D eigenvalue weighted by atomic mass is 19.1. The fourth-order valence-corrected chi connectivity index (χ4v) is 3.21. The van der Waals surface area contributed by atoms with Gasteiger partial charge in [0.1, 0.15) is 11.6 Å². The summed E-state index contributed by atoms with van der Waals surface area (Å²) in [5.41, 5.74) is 3.27. The number of oxazole rings is 1. The smallest absolute Gasteiger partial charge is 0.208 e. The first-order chi connectivity index (χ1) is 9.95. The second-order valence-electron chi connectivity index (χ2n) is 5.99. The van der Waals surface area contributed by atoms with E-state index in [-0.39, 0.29) is 11.9 Å². The van der Waals surface area contributed by atoms with Crippen molar-refractivity contribution in [2.24, 2.45) is 0 Å². The maximum Gasteiger partial charge on any atom is 0.208 e. The van der Waals surface area contributed by atoms with Crippen LogP contribution in [0.4, 0.5) is 4.39 Å². The molecule has 4 heteroatoms. The fraction of sp³-hybridized carbons (Fsp3) is 0.471. The quantitative estimate of drug-likeness (QED) is 0.838. The SMILES string of the molecule is Cc1nc(CN2[C@@H](C)Cc3cc(F)ccc3[C@@H]2C)oc1C. The summed E-state index contributed by atoms with van der Waals surface area (Å²) in [6.45, 7) is 8.92. The zero-order valence-corrected chi connectivity index (χ0v) is 13.0. The third-order valence-corrected chi connectivity index (χ3v) is 4.52. The van der Waals surface area contributed by atoms with E-state index in [1.807, 2.05) is 19.9 Å². The van der Waals surface area contributed by atoms with Crippen LogP contribution in [0.5, 0.6) is 0 Å². The first-order valence-corrected chi connectivity index (χ1v) is 7.42. The van der Waals surface area contributed by atoms with E-state index in [1.165, 1.54) is 5.56 Å². The Morgan fingerprint density at radius 3 is 2.76 bits per heavy atom. The van der Waals surface area contributed by atoms with Gasteiger partial charge in [-0.3, -0.25) is 4.90 Å². The van der Waals surface area contributed by atoms with E-state index in [1.54, 1.807) is 12.1 Å². The minimum absolute atomic E-state index is 0.152. The summed E-state index contributed by atoms with van der Waals surface area (Å²) >= 11 is 0. The molecule has 2 atom stereocenters. The van der Waals surface area contributed by atoms with Gasteiger partial charge in [-0.05, 0) is 57.4 Å². The van der Waals surface area contributed by atoms with Crippen LogP contribution >= 0.6 is 0 Å². The van der Waals surface area contributed by atoms with Gasteiger partial charge in [0.2, 0.25) is 5.89 Å². The highest BCUT2D eigenvalue weighted by molar-refractivity contribution is 5.33. The summed E-state index contributed by atoms with van der Waals surface area (Å²) in [5, 5.41) is 0. The monoisotopic (exact) mass is 288 g/mol. The van der Waals surface area contributed by atoms with Crippen molar-refractivity contribution in [1.82, 2.24) is 9.88 Å². The molecule has 0 bridgehead atoms. The number of hydrogen-bond acceptors (Lipinski definition) is 3. The van der Waals surface area contributed by atoms with Crippen molar-refractivity contribution >= 4 is 0 Å². The topological polar surface area (TPSA) is 29.3 Å². The highest BCUT2D eigenvalue weighted by Gasteiger charge is 2.30. The van der Waals surface area contributed by atoms with Crippen molar-refractivity contribution in [2.75, 3.05) is 0 Å². The molecular formula is C17H21FN2O. The Kier molecular flexibility index (Phi) is 3.57. The van der Waals surface area contributed by atoms with Gasteiger partial charge in [0.05, 0.1) is 12.2 Å². The van der Waals surface area contributed by atoms with Gasteiger partial charge >= 0.3 is 0 Å². The first kappa shape index (κ1) is 14.3. The molecule has 0 saturated heterocycles. The molecule has 0 N–H and O–H groups in total. The van der Waals surface area contributed by atoms with Crippen LogP contribution in [0.1, 0.15) is 48.4 Å². The van der Waals surface area contributed by atoms with Crippen LogP contribution in [0.15, 0.2) is 22.6 Å². The molecule has 0 spiro atoms. The fourth-order valence-electron chi connectivity index (χ4n) is 3.21. The predicted octanol–water partition coefficient (Wildman–Crippen LogP) is 3.94. The Balaban J connectivity index is 1.88. The molecule has 21 heavy (non-hydrogen) atoms. The maximum absolute atomic E-state index is 13.4. The van der Waals surface area contributed by atoms with Gasteiger partial charge in [0.15, 0.2) is 0 Å². The lowest BCUT2D eigenvalue weighted by atomic mass is 9.89. The van der Waals surface area contributed by atoms with Crippen molar-refractivity contribution in [3.05, 3.63) is 52.5 Å². The van der Waals surface area contributed by atoms with Gasteiger partial charge < -0.3 is 4.42 Å². The Morgan fingerprint density at radius 2 is 2.10 bits per heavy atom. The lowest BCUT2D eigenvalue weighted by Crippen LogP contribution is -2.40. The predicted molar refractivity (Wildman–Crippen MR) is 79.5 cm³/mol. The van der Waals surface area contributed by atoms with Crippen LogP contribution in [0.2, 0.25) is 0 Å². The molecular weight excluding hydrogens is 267 g/mol. The molecule has 0 amide bonds. The standard InChI is InChI=1S/C17H21FN2O/c1-10-7-14-8-15(18)5-6-16(14)12(3)20(10)9-17-19-11(2)13(4)21-17/h5-6,8,10,12H,7,9H2,1-4H3/t10-,12-/m0/s1. The Bertz CT molecular complexity index is 645. The highest BCUT2D eigenvalue weighted by Crippen LogP contribution is 2.34. The van der Waals surface area contributed by atoms with E-state index in [4.69, 9.17) is 4.42 Å². The minimum Gasteiger partial charge on any atom is -0.444 e. The number of rotatable bonds is 2. The number of aryl methyl sites for hydroxylation is 2. The summed E-state index contributed by atoms with van der Waals surface area (Å²) in [6.07, 6.45) is 0.857. The van der Waals surface area contributed by atoms with Crippen molar-refractivity contribution in [3.63, 3.8) is 0 Å². The second-order valence-corrected chi connectivity index (χ2v) is 5.99. The van der Waals surface area contributed by atoms with E-state index >= 15 is 0 Å². The van der Waals surface area contributed by atoms with Crippen LogP contribution in [-0.2, 0) is 13.0 Å². The van der Waals surface area contributed by atoms with Gasteiger partial charge in [-0.25, -0.2) is 9.37 Å². The Morgan fingerprint density at radius 1 is 1.33 bits per heavy atom. The van der Waals surface area contributed by atoms with Gasteiger partial charge in [-0.2, -0.15) is 0 Å². The summed E-state index contributed by atoms with van der Waals surface area (Å²) in [5.74, 6) is 1.49. The Hall–Kier alpha value is -1.68. The molecule has 3 rings (SSSR count). The molecule has 2 heterocycles.